The Morgan fingerprint density at radius 3 is 2.80 bits per heavy atom. The van der Waals surface area contributed by atoms with Crippen LogP contribution in [-0.4, -0.2) is 24.2 Å². The van der Waals surface area contributed by atoms with Crippen molar-refractivity contribution >= 4 is 17.5 Å². The molecule has 1 aliphatic rings. The summed E-state index contributed by atoms with van der Waals surface area (Å²) in [7, 11) is 0. The zero-order valence-corrected chi connectivity index (χ0v) is 12.1. The average molecular weight is 296 g/mol. The third kappa shape index (κ3) is 3.74. The fraction of sp³-hybridized carbons (Fsp3) is 0.400. The zero-order valence-electron chi connectivity index (χ0n) is 11.4. The Morgan fingerprint density at radius 2 is 2.15 bits per heavy atom. The second-order valence-corrected chi connectivity index (χ2v) is 5.20. The molecule has 1 aromatic rings. The number of rotatable bonds is 4. The van der Waals surface area contributed by atoms with Crippen LogP contribution in [0.25, 0.3) is 0 Å². The molecular formula is C15H18ClNO3. The van der Waals surface area contributed by atoms with Gasteiger partial charge < -0.3 is 15.2 Å². The molecule has 0 fully saturated rings. The van der Waals surface area contributed by atoms with Crippen LogP contribution in [0.1, 0.15) is 31.4 Å². The van der Waals surface area contributed by atoms with E-state index in [0.29, 0.717) is 29.4 Å². The second kappa shape index (κ2) is 6.77. The van der Waals surface area contributed by atoms with Crippen molar-refractivity contribution in [2.45, 2.75) is 25.9 Å². The fourth-order valence-electron chi connectivity index (χ4n) is 2.11. The number of hydrogen-bond acceptors (Lipinski definition) is 3. The molecule has 1 aromatic carbocycles. The Labute approximate surface area is 123 Å². The van der Waals surface area contributed by atoms with Gasteiger partial charge in [0.1, 0.15) is 5.76 Å². The summed E-state index contributed by atoms with van der Waals surface area (Å²) in [6.45, 7) is 2.62. The summed E-state index contributed by atoms with van der Waals surface area (Å²) in [5, 5.41) is 13.4. The number of allylic oxidation sites excluding steroid dienone is 1. The van der Waals surface area contributed by atoms with E-state index in [1.165, 1.54) is 0 Å². The van der Waals surface area contributed by atoms with E-state index in [-0.39, 0.29) is 12.5 Å². The number of benzene rings is 1. The molecule has 0 bridgehead atoms. The molecule has 1 aliphatic heterocycles. The predicted molar refractivity (Wildman–Crippen MR) is 77.3 cm³/mol. The maximum atomic E-state index is 12.0. The van der Waals surface area contributed by atoms with Crippen molar-refractivity contribution in [3.63, 3.8) is 0 Å². The minimum atomic E-state index is -0.748. The van der Waals surface area contributed by atoms with E-state index in [1.54, 1.807) is 31.2 Å². The lowest BCUT2D eigenvalue weighted by atomic mass is 10.1. The van der Waals surface area contributed by atoms with Crippen molar-refractivity contribution in [2.75, 3.05) is 13.2 Å². The molecule has 2 rings (SSSR count). The first-order chi connectivity index (χ1) is 9.58. The number of aliphatic hydroxyl groups is 1. The Morgan fingerprint density at radius 1 is 1.45 bits per heavy atom. The van der Waals surface area contributed by atoms with Crippen LogP contribution in [0.15, 0.2) is 35.6 Å². The van der Waals surface area contributed by atoms with Crippen LogP contribution in [0, 0.1) is 0 Å². The second-order valence-electron chi connectivity index (χ2n) is 4.76. The van der Waals surface area contributed by atoms with Crippen molar-refractivity contribution in [2.24, 2.45) is 0 Å². The van der Waals surface area contributed by atoms with Crippen LogP contribution in [-0.2, 0) is 9.53 Å². The Balaban J connectivity index is 1.91. The molecule has 1 unspecified atom stereocenters. The third-order valence-corrected chi connectivity index (χ3v) is 3.55. The number of halogens is 1. The highest BCUT2D eigenvalue weighted by Gasteiger charge is 2.18. The first-order valence-electron chi connectivity index (χ1n) is 6.62. The maximum Gasteiger partial charge on any atom is 0.250 e. The topological polar surface area (TPSA) is 58.6 Å². The minimum absolute atomic E-state index is 0.164. The number of aliphatic hydroxyl groups excluding tert-OH is 1. The average Bonchev–Trinajstić information content (AvgIpc) is 2.45. The van der Waals surface area contributed by atoms with Gasteiger partial charge >= 0.3 is 0 Å². The standard InChI is InChI=1S/C15H18ClNO3/c1-10-13(3-2-8-20-10)15(19)17-9-14(18)11-4-6-12(16)7-5-11/h4-7,14,18H,2-3,8-9H2,1H3,(H,17,19). The van der Waals surface area contributed by atoms with E-state index in [0.717, 1.165) is 12.0 Å². The van der Waals surface area contributed by atoms with Gasteiger partial charge in [0.25, 0.3) is 5.91 Å². The SMILES string of the molecule is CC1=C(C(=O)NCC(O)c2ccc(Cl)cc2)CCCO1. The first-order valence-corrected chi connectivity index (χ1v) is 7.00. The molecule has 0 saturated heterocycles. The van der Waals surface area contributed by atoms with Crippen LogP contribution < -0.4 is 5.32 Å². The highest BCUT2D eigenvalue weighted by molar-refractivity contribution is 6.30. The van der Waals surface area contributed by atoms with Gasteiger partial charge in [-0.15, -0.1) is 0 Å². The van der Waals surface area contributed by atoms with Gasteiger partial charge in [-0.2, -0.15) is 0 Å². The van der Waals surface area contributed by atoms with Crippen LogP contribution >= 0.6 is 11.6 Å². The monoisotopic (exact) mass is 295 g/mol. The third-order valence-electron chi connectivity index (χ3n) is 3.30. The molecule has 0 radical (unpaired) electrons. The molecule has 0 spiro atoms. The van der Waals surface area contributed by atoms with E-state index >= 15 is 0 Å². The number of carbonyl (C=O) groups excluding carboxylic acids is 1. The molecule has 5 heteroatoms. The summed E-state index contributed by atoms with van der Waals surface area (Å²) in [5.41, 5.74) is 1.39. The van der Waals surface area contributed by atoms with E-state index in [2.05, 4.69) is 5.32 Å². The molecule has 0 saturated carbocycles. The van der Waals surface area contributed by atoms with Crippen LogP contribution in [0.5, 0.6) is 0 Å². The molecule has 0 aromatic heterocycles. The maximum absolute atomic E-state index is 12.0. The smallest absolute Gasteiger partial charge is 0.250 e. The number of hydrogen-bond donors (Lipinski definition) is 2. The van der Waals surface area contributed by atoms with Crippen molar-refractivity contribution in [3.8, 4) is 0 Å². The van der Waals surface area contributed by atoms with Crippen molar-refractivity contribution < 1.29 is 14.6 Å². The summed E-state index contributed by atoms with van der Waals surface area (Å²) in [6, 6.07) is 6.91. The van der Waals surface area contributed by atoms with Gasteiger partial charge in [-0.05, 0) is 37.5 Å². The van der Waals surface area contributed by atoms with E-state index in [9.17, 15) is 9.90 Å². The van der Waals surface area contributed by atoms with Gasteiger partial charge in [-0.25, -0.2) is 0 Å². The zero-order chi connectivity index (χ0) is 14.5. The first kappa shape index (κ1) is 14.9. The molecule has 4 nitrogen and oxygen atoms in total. The van der Waals surface area contributed by atoms with Crippen molar-refractivity contribution in [1.82, 2.24) is 5.32 Å². The highest BCUT2D eigenvalue weighted by Crippen LogP contribution is 2.19. The number of nitrogens with one attached hydrogen (secondary N) is 1. The summed E-state index contributed by atoms with van der Waals surface area (Å²) in [5.74, 6) is 0.505. The van der Waals surface area contributed by atoms with Gasteiger partial charge in [0.2, 0.25) is 0 Å². The lowest BCUT2D eigenvalue weighted by Crippen LogP contribution is -2.31. The molecule has 108 valence electrons. The fourth-order valence-corrected chi connectivity index (χ4v) is 2.24. The summed E-state index contributed by atoms with van der Waals surface area (Å²) >= 11 is 5.79. The van der Waals surface area contributed by atoms with E-state index < -0.39 is 6.10 Å². The van der Waals surface area contributed by atoms with E-state index in [4.69, 9.17) is 16.3 Å². The van der Waals surface area contributed by atoms with Crippen LogP contribution in [0.3, 0.4) is 0 Å². The number of carbonyl (C=O) groups is 1. The van der Waals surface area contributed by atoms with Crippen LogP contribution in [0.2, 0.25) is 5.02 Å². The predicted octanol–water partition coefficient (Wildman–Crippen LogP) is 2.57. The van der Waals surface area contributed by atoms with E-state index in [1.807, 2.05) is 0 Å². The van der Waals surface area contributed by atoms with Gasteiger partial charge in [-0.3, -0.25) is 4.79 Å². The quantitative estimate of drug-likeness (QED) is 0.897. The van der Waals surface area contributed by atoms with Gasteiger partial charge in [0.15, 0.2) is 0 Å². The number of amides is 1. The minimum Gasteiger partial charge on any atom is -0.498 e. The molecule has 0 aliphatic carbocycles. The molecular weight excluding hydrogens is 278 g/mol. The lowest BCUT2D eigenvalue weighted by molar-refractivity contribution is -0.118. The van der Waals surface area contributed by atoms with Gasteiger partial charge in [0.05, 0.1) is 18.3 Å². The Hall–Kier alpha value is -1.52. The molecule has 2 N–H and O–H groups in total. The summed E-state index contributed by atoms with van der Waals surface area (Å²) in [4.78, 5) is 12.0. The molecule has 1 atom stereocenters. The van der Waals surface area contributed by atoms with Crippen LogP contribution in [0.4, 0.5) is 0 Å². The van der Waals surface area contributed by atoms with Crippen molar-refractivity contribution in [1.29, 1.82) is 0 Å². The normalized spacial score (nSPS) is 16.6. The van der Waals surface area contributed by atoms with Gasteiger partial charge in [-0.1, -0.05) is 23.7 Å². The largest absolute Gasteiger partial charge is 0.498 e. The lowest BCUT2D eigenvalue weighted by Gasteiger charge is -2.19. The Kier molecular flexibility index (Phi) is 5.04. The summed E-state index contributed by atoms with van der Waals surface area (Å²) in [6.07, 6.45) is 0.816. The Bertz CT molecular complexity index is 510. The molecule has 1 heterocycles. The number of ether oxygens (including phenoxy) is 1. The van der Waals surface area contributed by atoms with Gasteiger partial charge in [0, 0.05) is 11.6 Å². The molecule has 1 amide bonds. The molecule has 20 heavy (non-hydrogen) atoms. The summed E-state index contributed by atoms with van der Waals surface area (Å²) < 4.78 is 5.36. The van der Waals surface area contributed by atoms with Crippen molar-refractivity contribution in [3.05, 3.63) is 46.2 Å². The highest BCUT2D eigenvalue weighted by atomic mass is 35.5.